The number of primary amides is 1. The van der Waals surface area contributed by atoms with Gasteiger partial charge in [-0.3, -0.25) is 14.4 Å². The molecule has 4 amide bonds. The second-order valence-electron chi connectivity index (χ2n) is 11.0. The quantitative estimate of drug-likeness (QED) is 0.396. The van der Waals surface area contributed by atoms with Crippen LogP contribution in [0.15, 0.2) is 24.3 Å². The molecule has 2 saturated carbocycles. The maximum Gasteiger partial charge on any atom is 0.408 e. The van der Waals surface area contributed by atoms with Crippen molar-refractivity contribution in [3.8, 4) is 5.75 Å². The number of aromatic hydroxyl groups is 1. The molecule has 2 aliphatic carbocycles. The summed E-state index contributed by atoms with van der Waals surface area (Å²) >= 11 is 0. The number of nitrogens with zero attached hydrogens (tertiary/aromatic N) is 1. The van der Waals surface area contributed by atoms with Gasteiger partial charge in [-0.25, -0.2) is 4.79 Å². The van der Waals surface area contributed by atoms with Crippen molar-refractivity contribution in [2.75, 3.05) is 0 Å². The van der Waals surface area contributed by atoms with Crippen molar-refractivity contribution in [3.05, 3.63) is 29.8 Å². The fourth-order valence-corrected chi connectivity index (χ4v) is 4.87. The molecule has 0 bridgehead atoms. The summed E-state index contributed by atoms with van der Waals surface area (Å²) in [7, 11) is 0. The molecule has 0 spiro atoms. The van der Waals surface area contributed by atoms with Crippen molar-refractivity contribution >= 4 is 23.8 Å². The minimum Gasteiger partial charge on any atom is -0.508 e. The molecule has 5 N–H and O–H groups in total. The number of phenols is 1. The summed E-state index contributed by atoms with van der Waals surface area (Å²) in [6.45, 7) is 5.06. The molecular weight excluding hydrogens is 476 g/mol. The van der Waals surface area contributed by atoms with Crippen molar-refractivity contribution in [1.29, 1.82) is 0 Å². The average Bonchev–Trinajstić information content (AvgIpc) is 2.75. The molecule has 2 unspecified atom stereocenters. The van der Waals surface area contributed by atoms with Crippen LogP contribution in [0.3, 0.4) is 0 Å². The van der Waals surface area contributed by atoms with Crippen molar-refractivity contribution in [2.45, 2.75) is 108 Å². The molecule has 2 atom stereocenters. The maximum atomic E-state index is 14.0. The Morgan fingerprint density at radius 3 is 2.30 bits per heavy atom. The molecular formula is C27H40N4O6. The third-order valence-electron chi connectivity index (χ3n) is 6.78. The normalized spacial score (nSPS) is 18.1. The molecule has 0 heterocycles. The summed E-state index contributed by atoms with van der Waals surface area (Å²) in [5.74, 6) is -1.76. The van der Waals surface area contributed by atoms with Gasteiger partial charge in [-0.1, -0.05) is 31.4 Å². The summed E-state index contributed by atoms with van der Waals surface area (Å²) in [6.07, 6.45) is 5.81. The lowest BCUT2D eigenvalue weighted by Gasteiger charge is -2.44. The highest BCUT2D eigenvalue weighted by atomic mass is 16.6. The van der Waals surface area contributed by atoms with Gasteiger partial charge in [-0.15, -0.1) is 0 Å². The number of ether oxygens (including phenoxy) is 1. The highest BCUT2D eigenvalue weighted by Gasteiger charge is 2.42. The van der Waals surface area contributed by atoms with Crippen molar-refractivity contribution in [3.63, 3.8) is 0 Å². The minimum absolute atomic E-state index is 0.000654. The van der Waals surface area contributed by atoms with E-state index in [4.69, 9.17) is 10.5 Å². The molecule has 0 saturated heterocycles. The molecule has 204 valence electrons. The number of hydrogen-bond donors (Lipinski definition) is 4. The van der Waals surface area contributed by atoms with Gasteiger partial charge < -0.3 is 31.1 Å². The van der Waals surface area contributed by atoms with E-state index in [1.807, 2.05) is 0 Å². The van der Waals surface area contributed by atoms with Gasteiger partial charge in [0.25, 0.3) is 0 Å². The molecule has 37 heavy (non-hydrogen) atoms. The number of hydrogen-bond acceptors (Lipinski definition) is 6. The lowest BCUT2D eigenvalue weighted by atomic mass is 9.87. The molecule has 3 rings (SSSR count). The van der Waals surface area contributed by atoms with E-state index < -0.39 is 42.0 Å². The van der Waals surface area contributed by atoms with E-state index >= 15 is 0 Å². The second-order valence-corrected chi connectivity index (χ2v) is 11.0. The fraction of sp³-hybridized carbons (Fsp3) is 0.630. The summed E-state index contributed by atoms with van der Waals surface area (Å²) in [4.78, 5) is 53.7. The largest absolute Gasteiger partial charge is 0.508 e. The van der Waals surface area contributed by atoms with Crippen LogP contribution in [-0.4, -0.2) is 57.5 Å². The van der Waals surface area contributed by atoms with Crippen LogP contribution in [-0.2, 0) is 19.1 Å². The number of nitrogens with one attached hydrogen (secondary N) is 2. The number of alkyl carbamates (subject to hydrolysis) is 1. The Labute approximate surface area is 218 Å². The summed E-state index contributed by atoms with van der Waals surface area (Å²) in [5.41, 5.74) is 5.06. The highest BCUT2D eigenvalue weighted by molar-refractivity contribution is 5.95. The third kappa shape index (κ3) is 8.10. The van der Waals surface area contributed by atoms with Gasteiger partial charge in [0.2, 0.25) is 17.7 Å². The molecule has 2 fully saturated rings. The van der Waals surface area contributed by atoms with Gasteiger partial charge >= 0.3 is 6.09 Å². The number of benzene rings is 1. The van der Waals surface area contributed by atoms with Gasteiger partial charge in [0.1, 0.15) is 23.4 Å². The number of carbonyl (C=O) groups excluding carboxylic acids is 4. The number of nitrogens with two attached hydrogens (primary N) is 1. The van der Waals surface area contributed by atoms with E-state index in [1.165, 1.54) is 17.0 Å². The summed E-state index contributed by atoms with van der Waals surface area (Å²) in [6, 6.07) is 3.64. The molecule has 0 radical (unpaired) electrons. The zero-order valence-corrected chi connectivity index (χ0v) is 22.0. The molecule has 1 aromatic rings. The van der Waals surface area contributed by atoms with E-state index in [-0.39, 0.29) is 23.7 Å². The smallest absolute Gasteiger partial charge is 0.408 e. The fourth-order valence-electron chi connectivity index (χ4n) is 4.87. The zero-order chi connectivity index (χ0) is 27.2. The van der Waals surface area contributed by atoms with Crippen LogP contribution >= 0.6 is 0 Å². The topological polar surface area (TPSA) is 151 Å². The minimum atomic E-state index is -1.31. The van der Waals surface area contributed by atoms with E-state index in [9.17, 15) is 24.3 Å². The number of amides is 4. The maximum absolute atomic E-state index is 14.0. The van der Waals surface area contributed by atoms with Crippen LogP contribution in [0.5, 0.6) is 5.75 Å². The summed E-state index contributed by atoms with van der Waals surface area (Å²) < 4.78 is 5.30. The van der Waals surface area contributed by atoms with Crippen LogP contribution in [0.25, 0.3) is 0 Å². The predicted octanol–water partition coefficient (Wildman–Crippen LogP) is 3.03. The molecule has 1 aromatic carbocycles. The first-order valence-electron chi connectivity index (χ1n) is 13.1. The van der Waals surface area contributed by atoms with Gasteiger partial charge in [0.15, 0.2) is 0 Å². The van der Waals surface area contributed by atoms with Crippen LogP contribution in [0.2, 0.25) is 0 Å². The number of carbonyl (C=O) groups is 4. The zero-order valence-electron chi connectivity index (χ0n) is 22.0. The first-order valence-corrected chi connectivity index (χ1v) is 13.1. The van der Waals surface area contributed by atoms with Gasteiger partial charge in [0.05, 0.1) is 6.42 Å². The first-order chi connectivity index (χ1) is 17.4. The summed E-state index contributed by atoms with van der Waals surface area (Å²) in [5, 5.41) is 15.8. The standard InChI is InChI=1S/C27H40N4O6/c1-27(2,3)37-26(36)30-21(16-22(28)33)25(35)31(19-12-8-13-19)23(17-9-7-14-20(32)15-17)24(34)29-18-10-5-4-6-11-18/h7,9,14-15,18-19,21,23,32H,4-6,8,10-13,16H2,1-3H3,(H2,28,33)(H,29,34)(H,30,36). The monoisotopic (exact) mass is 516 g/mol. The Balaban J connectivity index is 1.96. The van der Waals surface area contributed by atoms with E-state index in [2.05, 4.69) is 10.6 Å². The predicted molar refractivity (Wildman–Crippen MR) is 137 cm³/mol. The van der Waals surface area contributed by atoms with Crippen LogP contribution in [0.4, 0.5) is 4.79 Å². The Morgan fingerprint density at radius 1 is 1.08 bits per heavy atom. The Kier molecular flexibility index (Phi) is 9.39. The van der Waals surface area contributed by atoms with Gasteiger partial charge in [0, 0.05) is 12.1 Å². The molecule has 2 aliphatic rings. The first kappa shape index (κ1) is 28.3. The van der Waals surface area contributed by atoms with E-state index in [0.29, 0.717) is 18.4 Å². The number of phenolic OH excluding ortho intramolecular Hbond substituents is 1. The molecule has 0 aromatic heterocycles. The average molecular weight is 517 g/mol. The van der Waals surface area contributed by atoms with E-state index in [0.717, 1.165) is 38.5 Å². The lowest BCUT2D eigenvalue weighted by Crippen LogP contribution is -2.58. The van der Waals surface area contributed by atoms with Crippen molar-refractivity contribution in [2.24, 2.45) is 5.73 Å². The van der Waals surface area contributed by atoms with E-state index in [1.54, 1.807) is 32.9 Å². The van der Waals surface area contributed by atoms with Gasteiger partial charge in [-0.2, -0.15) is 0 Å². The Hall–Kier alpha value is -3.30. The Morgan fingerprint density at radius 2 is 1.76 bits per heavy atom. The second kappa shape index (κ2) is 12.3. The lowest BCUT2D eigenvalue weighted by molar-refractivity contribution is -0.148. The molecule has 0 aliphatic heterocycles. The number of rotatable bonds is 9. The van der Waals surface area contributed by atoms with Crippen molar-refractivity contribution < 1.29 is 29.0 Å². The SMILES string of the molecule is CC(C)(C)OC(=O)NC(CC(N)=O)C(=O)N(C1CCC1)C(C(=O)NC1CCCCC1)c1cccc(O)c1. The van der Waals surface area contributed by atoms with Gasteiger partial charge in [-0.05, 0) is 70.6 Å². The van der Waals surface area contributed by atoms with Crippen LogP contribution in [0, 0.1) is 0 Å². The third-order valence-corrected chi connectivity index (χ3v) is 6.78. The van der Waals surface area contributed by atoms with Crippen molar-refractivity contribution in [1.82, 2.24) is 15.5 Å². The molecule has 10 heteroatoms. The highest BCUT2D eigenvalue weighted by Crippen LogP contribution is 2.35. The molecule has 10 nitrogen and oxygen atoms in total. The van der Waals surface area contributed by atoms with Crippen LogP contribution < -0.4 is 16.4 Å². The Bertz CT molecular complexity index is 981. The van der Waals surface area contributed by atoms with Crippen LogP contribution in [0.1, 0.15) is 90.2 Å².